The highest BCUT2D eigenvalue weighted by atomic mass is 79.9. The lowest BCUT2D eigenvalue weighted by Gasteiger charge is -2.16. The number of hydrogen-bond acceptors (Lipinski definition) is 4. The Kier molecular flexibility index (Phi) is 4.11. The van der Waals surface area contributed by atoms with Crippen molar-refractivity contribution in [3.63, 3.8) is 0 Å². The van der Waals surface area contributed by atoms with Gasteiger partial charge in [-0.15, -0.1) is 0 Å². The quantitative estimate of drug-likeness (QED) is 0.684. The molecule has 1 heterocycles. The molecule has 19 heavy (non-hydrogen) atoms. The normalized spacial score (nSPS) is 11.9. The largest absolute Gasteiger partial charge is 0.364 e. The summed E-state index contributed by atoms with van der Waals surface area (Å²) in [5.74, 6) is 0.605. The minimum atomic E-state index is -0.464. The van der Waals surface area contributed by atoms with E-state index in [1.54, 1.807) is 6.07 Å². The second-order valence-electron chi connectivity index (χ2n) is 4.05. The fourth-order valence-corrected chi connectivity index (χ4v) is 2.33. The lowest BCUT2D eigenvalue weighted by atomic mass is 10.1. The van der Waals surface area contributed by atoms with E-state index in [9.17, 15) is 10.1 Å². The topological polar surface area (TPSA) is 68.1 Å². The predicted molar refractivity (Wildman–Crippen MR) is 77.1 cm³/mol. The molecule has 0 spiro atoms. The van der Waals surface area contributed by atoms with Crippen molar-refractivity contribution in [3.05, 3.63) is 62.7 Å². The Morgan fingerprint density at radius 3 is 2.63 bits per heavy atom. The van der Waals surface area contributed by atoms with Gasteiger partial charge in [0, 0.05) is 10.5 Å². The van der Waals surface area contributed by atoms with E-state index < -0.39 is 4.92 Å². The Labute approximate surface area is 119 Å². The maximum atomic E-state index is 10.5. The summed E-state index contributed by atoms with van der Waals surface area (Å²) in [5.41, 5.74) is 1.08. The van der Waals surface area contributed by atoms with Crippen molar-refractivity contribution in [2.24, 2.45) is 0 Å². The Hall–Kier alpha value is -1.95. The van der Waals surface area contributed by atoms with Gasteiger partial charge in [0.15, 0.2) is 0 Å². The molecule has 0 aliphatic rings. The van der Waals surface area contributed by atoms with Gasteiger partial charge in [0.2, 0.25) is 0 Å². The molecule has 0 unspecified atom stereocenters. The van der Waals surface area contributed by atoms with E-state index in [4.69, 9.17) is 0 Å². The molecule has 0 aliphatic carbocycles. The minimum Gasteiger partial charge on any atom is -0.364 e. The summed E-state index contributed by atoms with van der Waals surface area (Å²) >= 11 is 3.49. The standard InChI is InChI=1S/C13H12BrN3O2/c1-9(11-4-2-3-5-12(11)14)16-13-7-6-10(8-15-13)17(18)19/h2-9H,1H3,(H,15,16)/t9-/m0/s1. The molecule has 0 saturated carbocycles. The average molecular weight is 322 g/mol. The molecule has 0 bridgehead atoms. The van der Waals surface area contributed by atoms with Gasteiger partial charge in [-0.2, -0.15) is 0 Å². The van der Waals surface area contributed by atoms with Crippen LogP contribution in [0.25, 0.3) is 0 Å². The van der Waals surface area contributed by atoms with Crippen molar-refractivity contribution in [2.45, 2.75) is 13.0 Å². The second-order valence-corrected chi connectivity index (χ2v) is 4.90. The van der Waals surface area contributed by atoms with Crippen molar-refractivity contribution in [1.29, 1.82) is 0 Å². The number of aromatic nitrogens is 1. The summed E-state index contributed by atoms with van der Waals surface area (Å²) in [5, 5.41) is 13.7. The van der Waals surface area contributed by atoms with Gasteiger partial charge >= 0.3 is 0 Å². The molecule has 1 N–H and O–H groups in total. The van der Waals surface area contributed by atoms with Crippen LogP contribution in [0.15, 0.2) is 47.1 Å². The first kappa shape index (κ1) is 13.5. The van der Waals surface area contributed by atoms with E-state index in [1.165, 1.54) is 12.3 Å². The SMILES string of the molecule is C[C@H](Nc1ccc([N+](=O)[O-])cn1)c1ccccc1Br. The van der Waals surface area contributed by atoms with Crippen LogP contribution in [0.1, 0.15) is 18.5 Å². The first-order valence-electron chi connectivity index (χ1n) is 5.69. The molecule has 1 atom stereocenters. The van der Waals surface area contributed by atoms with Gasteiger partial charge in [0.05, 0.1) is 11.0 Å². The highest BCUT2D eigenvalue weighted by Crippen LogP contribution is 2.25. The number of hydrogen-bond donors (Lipinski definition) is 1. The number of nitrogens with zero attached hydrogens (tertiary/aromatic N) is 2. The zero-order valence-corrected chi connectivity index (χ0v) is 11.8. The van der Waals surface area contributed by atoms with Crippen molar-refractivity contribution < 1.29 is 4.92 Å². The molecular formula is C13H12BrN3O2. The van der Waals surface area contributed by atoms with Crippen LogP contribution >= 0.6 is 15.9 Å². The van der Waals surface area contributed by atoms with Crippen LogP contribution in [0.5, 0.6) is 0 Å². The molecular weight excluding hydrogens is 310 g/mol. The van der Waals surface area contributed by atoms with Gasteiger partial charge in [0.25, 0.3) is 5.69 Å². The van der Waals surface area contributed by atoms with E-state index >= 15 is 0 Å². The van der Waals surface area contributed by atoms with E-state index in [0.29, 0.717) is 5.82 Å². The zero-order chi connectivity index (χ0) is 13.8. The Balaban J connectivity index is 2.13. The summed E-state index contributed by atoms with van der Waals surface area (Å²) in [4.78, 5) is 14.1. The Bertz CT molecular complexity index is 587. The third kappa shape index (κ3) is 3.29. The lowest BCUT2D eigenvalue weighted by molar-refractivity contribution is -0.385. The molecule has 1 aromatic heterocycles. The van der Waals surface area contributed by atoms with Crippen LogP contribution < -0.4 is 5.32 Å². The number of rotatable bonds is 4. The minimum absolute atomic E-state index is 0.0147. The molecule has 0 radical (unpaired) electrons. The van der Waals surface area contributed by atoms with Gasteiger partial charge in [-0.25, -0.2) is 4.98 Å². The molecule has 2 aromatic rings. The molecule has 6 heteroatoms. The second kappa shape index (κ2) is 5.79. The lowest BCUT2D eigenvalue weighted by Crippen LogP contribution is -2.08. The van der Waals surface area contributed by atoms with E-state index in [1.807, 2.05) is 31.2 Å². The van der Waals surface area contributed by atoms with Gasteiger partial charge < -0.3 is 5.32 Å². The van der Waals surface area contributed by atoms with Crippen molar-refractivity contribution in [3.8, 4) is 0 Å². The first-order chi connectivity index (χ1) is 9.08. The fourth-order valence-electron chi connectivity index (χ4n) is 1.71. The third-order valence-electron chi connectivity index (χ3n) is 2.69. The fraction of sp³-hybridized carbons (Fsp3) is 0.154. The van der Waals surface area contributed by atoms with Crippen LogP contribution in [0.3, 0.4) is 0 Å². The molecule has 0 aliphatic heterocycles. The molecule has 1 aromatic carbocycles. The van der Waals surface area contributed by atoms with Crippen molar-refractivity contribution in [2.75, 3.05) is 5.32 Å². The van der Waals surface area contributed by atoms with Crippen molar-refractivity contribution >= 4 is 27.4 Å². The maximum Gasteiger partial charge on any atom is 0.287 e. The molecule has 98 valence electrons. The number of nitrogens with one attached hydrogen (secondary N) is 1. The van der Waals surface area contributed by atoms with Crippen LogP contribution in [-0.2, 0) is 0 Å². The van der Waals surface area contributed by atoms with Crippen LogP contribution in [0.2, 0.25) is 0 Å². The highest BCUT2D eigenvalue weighted by Gasteiger charge is 2.10. The molecule has 0 amide bonds. The molecule has 0 fully saturated rings. The summed E-state index contributed by atoms with van der Waals surface area (Å²) < 4.78 is 1.01. The van der Waals surface area contributed by atoms with Crippen LogP contribution in [-0.4, -0.2) is 9.91 Å². The van der Waals surface area contributed by atoms with Crippen molar-refractivity contribution in [1.82, 2.24) is 4.98 Å². The van der Waals surface area contributed by atoms with E-state index in [-0.39, 0.29) is 11.7 Å². The predicted octanol–water partition coefficient (Wildman–Crippen LogP) is 3.93. The van der Waals surface area contributed by atoms with E-state index in [2.05, 4.69) is 26.2 Å². The highest BCUT2D eigenvalue weighted by molar-refractivity contribution is 9.10. The smallest absolute Gasteiger partial charge is 0.287 e. The Morgan fingerprint density at radius 2 is 2.05 bits per heavy atom. The number of halogens is 1. The number of anilines is 1. The van der Waals surface area contributed by atoms with Gasteiger partial charge in [-0.3, -0.25) is 10.1 Å². The van der Waals surface area contributed by atoms with Crippen LogP contribution in [0, 0.1) is 10.1 Å². The van der Waals surface area contributed by atoms with E-state index in [0.717, 1.165) is 10.0 Å². The average Bonchev–Trinajstić information content (AvgIpc) is 2.39. The summed E-state index contributed by atoms with van der Waals surface area (Å²) in [6, 6.07) is 11.0. The summed E-state index contributed by atoms with van der Waals surface area (Å²) in [7, 11) is 0. The van der Waals surface area contributed by atoms with Gasteiger partial charge in [-0.1, -0.05) is 34.1 Å². The maximum absolute atomic E-state index is 10.5. The summed E-state index contributed by atoms with van der Waals surface area (Å²) in [6.07, 6.45) is 1.25. The monoisotopic (exact) mass is 321 g/mol. The first-order valence-corrected chi connectivity index (χ1v) is 6.48. The Morgan fingerprint density at radius 1 is 1.32 bits per heavy atom. The molecule has 0 saturated heterocycles. The number of nitro groups is 1. The number of pyridine rings is 1. The van der Waals surface area contributed by atoms with Crippen LogP contribution in [0.4, 0.5) is 11.5 Å². The van der Waals surface area contributed by atoms with Gasteiger partial charge in [-0.05, 0) is 24.6 Å². The molecule has 2 rings (SSSR count). The van der Waals surface area contributed by atoms with Gasteiger partial charge in [0.1, 0.15) is 12.0 Å². The zero-order valence-electron chi connectivity index (χ0n) is 10.2. The molecule has 5 nitrogen and oxygen atoms in total. The summed E-state index contributed by atoms with van der Waals surface area (Å²) in [6.45, 7) is 2.00. The number of benzene rings is 1. The third-order valence-corrected chi connectivity index (χ3v) is 3.42.